The van der Waals surface area contributed by atoms with E-state index in [1.165, 1.54) is 0 Å². The second-order valence-corrected chi connectivity index (χ2v) is 5.76. The van der Waals surface area contributed by atoms with Crippen LogP contribution >= 0.6 is 35.6 Å². The quantitative estimate of drug-likeness (QED) is 0.256. The molecule has 0 heterocycles. The lowest BCUT2D eigenvalue weighted by Crippen LogP contribution is -2.36. The van der Waals surface area contributed by atoms with Gasteiger partial charge in [-0.2, -0.15) is 0 Å². The average Bonchev–Trinajstić information content (AvgIpc) is 2.64. The van der Waals surface area contributed by atoms with Gasteiger partial charge in [0.1, 0.15) is 12.4 Å². The highest BCUT2D eigenvalue weighted by molar-refractivity contribution is 14.0. The van der Waals surface area contributed by atoms with Crippen molar-refractivity contribution in [3.8, 4) is 5.75 Å². The van der Waals surface area contributed by atoms with Crippen molar-refractivity contribution in [3.63, 3.8) is 0 Å². The highest BCUT2D eigenvalue weighted by Crippen LogP contribution is 2.14. The van der Waals surface area contributed by atoms with Gasteiger partial charge in [0.05, 0.1) is 6.61 Å². The first kappa shape index (κ1) is 22.5. The molecule has 0 fully saturated rings. The number of benzene rings is 2. The minimum atomic E-state index is 0. The molecule has 7 heteroatoms. The van der Waals surface area contributed by atoms with Crippen LogP contribution in [0.3, 0.4) is 0 Å². The Hall–Kier alpha value is -1.51. The monoisotopic (exact) mass is 489 g/mol. The molecular formula is C19H25ClIN3O2. The molecule has 0 aliphatic carbocycles. The topological polar surface area (TPSA) is 54.9 Å². The Morgan fingerprint density at radius 1 is 1.00 bits per heavy atom. The summed E-state index contributed by atoms with van der Waals surface area (Å²) in [7, 11) is 3.40. The number of methoxy groups -OCH3 is 1. The molecule has 0 amide bonds. The molecule has 2 aromatic rings. The summed E-state index contributed by atoms with van der Waals surface area (Å²) in [6, 6.07) is 15.7. The van der Waals surface area contributed by atoms with E-state index in [2.05, 4.69) is 15.6 Å². The molecule has 5 nitrogen and oxygen atoms in total. The fourth-order valence-corrected chi connectivity index (χ4v) is 2.38. The Bertz CT molecular complexity index is 681. The van der Waals surface area contributed by atoms with E-state index in [0.717, 1.165) is 27.9 Å². The van der Waals surface area contributed by atoms with Crippen molar-refractivity contribution in [1.29, 1.82) is 0 Å². The number of hydrogen-bond donors (Lipinski definition) is 2. The number of rotatable bonds is 8. The van der Waals surface area contributed by atoms with E-state index >= 15 is 0 Å². The maximum absolute atomic E-state index is 6.16. The minimum absolute atomic E-state index is 0. The Kier molecular flexibility index (Phi) is 11.1. The number of nitrogens with one attached hydrogen (secondary N) is 2. The summed E-state index contributed by atoms with van der Waals surface area (Å²) in [4.78, 5) is 4.23. The van der Waals surface area contributed by atoms with Crippen molar-refractivity contribution in [1.82, 2.24) is 10.6 Å². The molecule has 0 spiro atoms. The lowest BCUT2D eigenvalue weighted by Gasteiger charge is -2.13. The highest BCUT2D eigenvalue weighted by Gasteiger charge is 2.02. The second-order valence-electron chi connectivity index (χ2n) is 5.36. The number of guanidine groups is 1. The van der Waals surface area contributed by atoms with E-state index in [0.29, 0.717) is 26.3 Å². The molecule has 26 heavy (non-hydrogen) atoms. The van der Waals surface area contributed by atoms with E-state index in [1.54, 1.807) is 14.2 Å². The van der Waals surface area contributed by atoms with Gasteiger partial charge < -0.3 is 20.1 Å². The molecule has 0 bridgehead atoms. The number of halogens is 2. The fourth-order valence-electron chi connectivity index (χ4n) is 2.17. The highest BCUT2D eigenvalue weighted by atomic mass is 127. The van der Waals surface area contributed by atoms with Gasteiger partial charge in [-0.1, -0.05) is 41.9 Å². The van der Waals surface area contributed by atoms with Crippen LogP contribution in [0.2, 0.25) is 5.02 Å². The molecule has 2 aromatic carbocycles. The van der Waals surface area contributed by atoms with E-state index in [1.807, 2.05) is 48.5 Å². The first-order valence-electron chi connectivity index (χ1n) is 8.11. The van der Waals surface area contributed by atoms with Gasteiger partial charge in [0.2, 0.25) is 0 Å². The standard InChI is InChI=1S/C19H24ClN3O2.HI/c1-21-19(23-14-16-5-3-4-6-18(16)20)22-13-15-7-9-17(10-8-15)25-12-11-24-2;/h3-10H,11-14H2,1-2H3,(H2,21,22,23);1H. The van der Waals surface area contributed by atoms with Gasteiger partial charge in [0.25, 0.3) is 0 Å². The average molecular weight is 490 g/mol. The van der Waals surface area contributed by atoms with Crippen LogP contribution in [0.25, 0.3) is 0 Å². The van der Waals surface area contributed by atoms with Crippen LogP contribution in [-0.2, 0) is 17.8 Å². The van der Waals surface area contributed by atoms with Gasteiger partial charge in [-0.15, -0.1) is 24.0 Å². The molecule has 2 N–H and O–H groups in total. The van der Waals surface area contributed by atoms with Crippen molar-refractivity contribution in [3.05, 3.63) is 64.7 Å². The zero-order chi connectivity index (χ0) is 17.9. The van der Waals surface area contributed by atoms with Crippen LogP contribution < -0.4 is 15.4 Å². The van der Waals surface area contributed by atoms with Gasteiger partial charge >= 0.3 is 0 Å². The number of ether oxygens (including phenoxy) is 2. The van der Waals surface area contributed by atoms with Crippen LogP contribution in [0.4, 0.5) is 0 Å². The van der Waals surface area contributed by atoms with E-state index < -0.39 is 0 Å². The third kappa shape index (κ3) is 7.80. The van der Waals surface area contributed by atoms with E-state index in [4.69, 9.17) is 21.1 Å². The molecule has 0 aromatic heterocycles. The number of hydrogen-bond acceptors (Lipinski definition) is 3. The van der Waals surface area contributed by atoms with E-state index in [9.17, 15) is 0 Å². The summed E-state index contributed by atoms with van der Waals surface area (Å²) in [6.07, 6.45) is 0. The Morgan fingerprint density at radius 2 is 1.69 bits per heavy atom. The maximum atomic E-state index is 6.16. The van der Waals surface area contributed by atoms with Crippen molar-refractivity contribution in [2.24, 2.45) is 4.99 Å². The summed E-state index contributed by atoms with van der Waals surface area (Å²) < 4.78 is 10.5. The van der Waals surface area contributed by atoms with Gasteiger partial charge in [0.15, 0.2) is 5.96 Å². The van der Waals surface area contributed by atoms with Crippen molar-refractivity contribution in [2.75, 3.05) is 27.4 Å². The molecule has 0 unspecified atom stereocenters. The summed E-state index contributed by atoms with van der Waals surface area (Å²) in [5.41, 5.74) is 2.17. The van der Waals surface area contributed by atoms with E-state index in [-0.39, 0.29) is 24.0 Å². The fraction of sp³-hybridized carbons (Fsp3) is 0.316. The Balaban J connectivity index is 0.00000338. The third-order valence-electron chi connectivity index (χ3n) is 3.57. The molecule has 0 saturated carbocycles. The van der Waals surface area contributed by atoms with Crippen LogP contribution in [0.1, 0.15) is 11.1 Å². The lowest BCUT2D eigenvalue weighted by atomic mass is 10.2. The smallest absolute Gasteiger partial charge is 0.191 e. The predicted molar refractivity (Wildman–Crippen MR) is 118 cm³/mol. The van der Waals surface area contributed by atoms with Crippen LogP contribution in [0, 0.1) is 0 Å². The van der Waals surface area contributed by atoms with Crippen LogP contribution in [0.5, 0.6) is 5.75 Å². The minimum Gasteiger partial charge on any atom is -0.491 e. The SMILES string of the molecule is CN=C(NCc1ccc(OCCOC)cc1)NCc1ccccc1Cl.I. The molecule has 0 atom stereocenters. The Morgan fingerprint density at radius 3 is 2.35 bits per heavy atom. The summed E-state index contributed by atoms with van der Waals surface area (Å²) in [5.74, 6) is 1.56. The zero-order valence-electron chi connectivity index (χ0n) is 15.0. The van der Waals surface area contributed by atoms with Crippen molar-refractivity contribution >= 4 is 41.5 Å². The predicted octanol–water partition coefficient (Wildman–Crippen LogP) is 3.85. The first-order chi connectivity index (χ1) is 12.2. The van der Waals surface area contributed by atoms with Crippen molar-refractivity contribution < 1.29 is 9.47 Å². The first-order valence-corrected chi connectivity index (χ1v) is 8.49. The number of aliphatic imine (C=N–C) groups is 1. The van der Waals surface area contributed by atoms with Crippen molar-refractivity contribution in [2.45, 2.75) is 13.1 Å². The summed E-state index contributed by atoms with van der Waals surface area (Å²) >= 11 is 6.16. The van der Waals surface area contributed by atoms with Gasteiger partial charge in [-0.05, 0) is 29.3 Å². The summed E-state index contributed by atoms with van der Waals surface area (Å²) in [5, 5.41) is 7.29. The molecule has 0 aliphatic heterocycles. The molecule has 2 rings (SSSR count). The molecule has 0 radical (unpaired) electrons. The normalized spacial score (nSPS) is 10.8. The molecule has 0 saturated heterocycles. The molecular weight excluding hydrogens is 465 g/mol. The van der Waals surface area contributed by atoms with Gasteiger partial charge in [0, 0.05) is 32.3 Å². The van der Waals surface area contributed by atoms with Gasteiger partial charge in [-0.3, -0.25) is 4.99 Å². The number of nitrogens with zero attached hydrogens (tertiary/aromatic N) is 1. The third-order valence-corrected chi connectivity index (χ3v) is 3.94. The van der Waals surface area contributed by atoms with Gasteiger partial charge in [-0.25, -0.2) is 0 Å². The second kappa shape index (κ2) is 12.8. The van der Waals surface area contributed by atoms with Crippen LogP contribution in [0.15, 0.2) is 53.5 Å². The Labute approximate surface area is 177 Å². The maximum Gasteiger partial charge on any atom is 0.191 e. The zero-order valence-corrected chi connectivity index (χ0v) is 18.1. The lowest BCUT2D eigenvalue weighted by molar-refractivity contribution is 0.146. The molecule has 0 aliphatic rings. The summed E-state index contributed by atoms with van der Waals surface area (Å²) in [6.45, 7) is 2.41. The largest absolute Gasteiger partial charge is 0.491 e. The van der Waals surface area contributed by atoms with Crippen LogP contribution in [-0.4, -0.2) is 33.3 Å². The molecule has 142 valence electrons.